The van der Waals surface area contributed by atoms with Crippen molar-refractivity contribution in [2.45, 2.75) is 0 Å². The molecule has 3 N–H and O–H groups in total. The Kier molecular flexibility index (Phi) is 1.99. The van der Waals surface area contributed by atoms with Crippen LogP contribution < -0.4 is 5.46 Å². The highest BCUT2D eigenvalue weighted by Gasteiger charge is 2.16. The third-order valence-electron chi connectivity index (χ3n) is 1.81. The van der Waals surface area contributed by atoms with Crippen molar-refractivity contribution in [2.24, 2.45) is 0 Å². The van der Waals surface area contributed by atoms with Gasteiger partial charge in [-0.2, -0.15) is 0 Å². The fraction of sp³-hybridized carbons (Fsp3) is 0. The maximum absolute atomic E-state index is 8.95. The van der Waals surface area contributed by atoms with Crippen LogP contribution in [-0.4, -0.2) is 27.1 Å². The minimum atomic E-state index is -1.49. The number of aromatic amines is 1. The van der Waals surface area contributed by atoms with E-state index >= 15 is 0 Å². The smallest absolute Gasteiger partial charge is 0.423 e. The Bertz CT molecular complexity index is 443. The van der Waals surface area contributed by atoms with E-state index in [-0.39, 0.29) is 0 Å². The zero-order valence-electron chi connectivity index (χ0n) is 6.53. The number of rotatable bonds is 1. The summed E-state index contributed by atoms with van der Waals surface area (Å²) in [4.78, 5) is 6.76. The van der Waals surface area contributed by atoms with Crippen molar-refractivity contribution in [2.75, 3.05) is 0 Å². The Morgan fingerprint density at radius 1 is 1.38 bits per heavy atom. The lowest BCUT2D eigenvalue weighted by molar-refractivity contribution is 0.426. The fourth-order valence-electron chi connectivity index (χ4n) is 1.22. The molecular formula is C7H6BClN2O2. The van der Waals surface area contributed by atoms with Crippen LogP contribution in [0.1, 0.15) is 0 Å². The first kappa shape index (κ1) is 8.56. The third kappa shape index (κ3) is 1.41. The molecule has 0 fully saturated rings. The van der Waals surface area contributed by atoms with Crippen LogP contribution in [-0.2, 0) is 0 Å². The molecular weight excluding hydrogens is 190 g/mol. The zero-order chi connectivity index (χ0) is 9.42. The minimum Gasteiger partial charge on any atom is -0.423 e. The van der Waals surface area contributed by atoms with E-state index in [2.05, 4.69) is 9.97 Å². The van der Waals surface area contributed by atoms with E-state index in [4.69, 9.17) is 21.6 Å². The highest BCUT2D eigenvalue weighted by molar-refractivity contribution is 6.62. The molecule has 0 aliphatic heterocycles. The van der Waals surface area contributed by atoms with Crippen LogP contribution in [0.15, 0.2) is 18.3 Å². The molecule has 0 radical (unpaired) electrons. The molecule has 66 valence electrons. The molecule has 0 saturated carbocycles. The highest BCUT2D eigenvalue weighted by atomic mass is 35.5. The largest absolute Gasteiger partial charge is 0.490 e. The number of nitrogens with zero attached hydrogens (tertiary/aromatic N) is 1. The maximum Gasteiger partial charge on any atom is 0.490 e. The van der Waals surface area contributed by atoms with Gasteiger partial charge in [-0.15, -0.1) is 0 Å². The van der Waals surface area contributed by atoms with Crippen LogP contribution in [0.2, 0.25) is 5.15 Å². The van der Waals surface area contributed by atoms with Crippen LogP contribution in [0.4, 0.5) is 0 Å². The summed E-state index contributed by atoms with van der Waals surface area (Å²) >= 11 is 5.65. The summed E-state index contributed by atoms with van der Waals surface area (Å²) in [6.07, 6.45) is 1.50. The van der Waals surface area contributed by atoms with Crippen molar-refractivity contribution in [3.63, 3.8) is 0 Å². The molecule has 0 aliphatic rings. The average Bonchev–Trinajstić information content (AvgIpc) is 2.46. The SMILES string of the molecule is OB(O)c1c[nH]c2nc(Cl)ccc12. The standard InChI is InChI=1S/C7H6BClN2O2/c9-6-2-1-4-5(8(12)13)3-10-7(4)11-6/h1-3,12-13H,(H,10,11). The van der Waals surface area contributed by atoms with Gasteiger partial charge in [0.1, 0.15) is 10.8 Å². The number of halogens is 1. The number of pyridine rings is 1. The Labute approximate surface area is 79.3 Å². The normalized spacial score (nSPS) is 10.7. The molecule has 0 aromatic carbocycles. The first-order valence-electron chi connectivity index (χ1n) is 3.68. The van der Waals surface area contributed by atoms with Crippen molar-refractivity contribution in [1.29, 1.82) is 0 Å². The Morgan fingerprint density at radius 3 is 2.85 bits per heavy atom. The fourth-order valence-corrected chi connectivity index (χ4v) is 1.36. The van der Waals surface area contributed by atoms with Crippen LogP contribution in [0, 0.1) is 0 Å². The number of hydrogen-bond donors (Lipinski definition) is 3. The molecule has 0 saturated heterocycles. The van der Waals surface area contributed by atoms with Crippen molar-refractivity contribution in [3.8, 4) is 0 Å². The van der Waals surface area contributed by atoms with E-state index in [1.807, 2.05) is 0 Å². The summed E-state index contributed by atoms with van der Waals surface area (Å²) in [6, 6.07) is 3.29. The van der Waals surface area contributed by atoms with Crippen LogP contribution >= 0.6 is 11.6 Å². The molecule has 2 aromatic heterocycles. The van der Waals surface area contributed by atoms with Crippen LogP contribution in [0.3, 0.4) is 0 Å². The van der Waals surface area contributed by atoms with Crippen molar-refractivity contribution < 1.29 is 10.0 Å². The van der Waals surface area contributed by atoms with Crippen LogP contribution in [0.25, 0.3) is 11.0 Å². The summed E-state index contributed by atoms with van der Waals surface area (Å²) in [6.45, 7) is 0. The summed E-state index contributed by atoms with van der Waals surface area (Å²) in [5.74, 6) is 0. The molecule has 2 rings (SSSR count). The quantitative estimate of drug-likeness (QED) is 0.440. The third-order valence-corrected chi connectivity index (χ3v) is 2.03. The van der Waals surface area contributed by atoms with E-state index in [0.717, 1.165) is 0 Å². The molecule has 2 heterocycles. The lowest BCUT2D eigenvalue weighted by Gasteiger charge is -1.95. The Balaban J connectivity index is 2.69. The van der Waals surface area contributed by atoms with Gasteiger partial charge in [0.25, 0.3) is 0 Å². The molecule has 0 bridgehead atoms. The Morgan fingerprint density at radius 2 is 2.15 bits per heavy atom. The number of aromatic nitrogens is 2. The molecule has 4 nitrogen and oxygen atoms in total. The van der Waals surface area contributed by atoms with E-state index in [0.29, 0.717) is 21.6 Å². The van der Waals surface area contributed by atoms with Gasteiger partial charge in [-0.05, 0) is 12.1 Å². The van der Waals surface area contributed by atoms with Gasteiger partial charge in [-0.1, -0.05) is 11.6 Å². The summed E-state index contributed by atoms with van der Waals surface area (Å²) < 4.78 is 0. The monoisotopic (exact) mass is 196 g/mol. The number of H-pyrrole nitrogens is 1. The zero-order valence-corrected chi connectivity index (χ0v) is 7.28. The van der Waals surface area contributed by atoms with Gasteiger partial charge in [-0.25, -0.2) is 4.98 Å². The highest BCUT2D eigenvalue weighted by Crippen LogP contribution is 2.11. The topological polar surface area (TPSA) is 69.1 Å². The van der Waals surface area contributed by atoms with Gasteiger partial charge in [0.2, 0.25) is 0 Å². The summed E-state index contributed by atoms with van der Waals surface area (Å²) in [5, 5.41) is 18.9. The van der Waals surface area contributed by atoms with Crippen LogP contribution in [0.5, 0.6) is 0 Å². The molecule has 0 spiro atoms. The van der Waals surface area contributed by atoms with Gasteiger partial charge in [0, 0.05) is 17.0 Å². The van der Waals surface area contributed by atoms with E-state index in [1.165, 1.54) is 6.20 Å². The van der Waals surface area contributed by atoms with E-state index in [9.17, 15) is 0 Å². The summed E-state index contributed by atoms with van der Waals surface area (Å²) in [7, 11) is -1.49. The van der Waals surface area contributed by atoms with Gasteiger partial charge < -0.3 is 15.0 Å². The number of nitrogens with one attached hydrogen (secondary N) is 1. The first-order chi connectivity index (χ1) is 6.18. The van der Waals surface area contributed by atoms with Gasteiger partial charge in [0.05, 0.1) is 0 Å². The second-order valence-corrected chi connectivity index (χ2v) is 3.04. The van der Waals surface area contributed by atoms with Crippen molar-refractivity contribution in [1.82, 2.24) is 9.97 Å². The predicted molar refractivity (Wildman–Crippen MR) is 50.9 cm³/mol. The predicted octanol–water partition coefficient (Wildman–Crippen LogP) is -0.104. The Hall–Kier alpha value is -1.04. The van der Waals surface area contributed by atoms with E-state index < -0.39 is 7.12 Å². The lowest BCUT2D eigenvalue weighted by atomic mass is 9.80. The maximum atomic E-state index is 8.95. The molecule has 0 atom stereocenters. The van der Waals surface area contributed by atoms with E-state index in [1.54, 1.807) is 12.1 Å². The molecule has 13 heavy (non-hydrogen) atoms. The lowest BCUT2D eigenvalue weighted by Crippen LogP contribution is -2.28. The molecule has 0 aliphatic carbocycles. The van der Waals surface area contributed by atoms with Crippen molar-refractivity contribution in [3.05, 3.63) is 23.5 Å². The second kappa shape index (κ2) is 3.03. The van der Waals surface area contributed by atoms with Gasteiger partial charge in [0.15, 0.2) is 0 Å². The second-order valence-electron chi connectivity index (χ2n) is 2.65. The van der Waals surface area contributed by atoms with Gasteiger partial charge in [-0.3, -0.25) is 0 Å². The number of hydrogen-bond acceptors (Lipinski definition) is 3. The van der Waals surface area contributed by atoms with Gasteiger partial charge >= 0.3 is 7.12 Å². The number of fused-ring (bicyclic) bond motifs is 1. The molecule has 0 unspecified atom stereocenters. The first-order valence-corrected chi connectivity index (χ1v) is 4.06. The molecule has 6 heteroatoms. The molecule has 2 aromatic rings. The minimum absolute atomic E-state index is 0.369. The van der Waals surface area contributed by atoms with Crippen molar-refractivity contribution >= 4 is 35.2 Å². The summed E-state index contributed by atoms with van der Waals surface area (Å²) in [5.41, 5.74) is 0.953. The molecule has 0 amide bonds. The average molecular weight is 196 g/mol.